The molecule has 1 saturated heterocycles. The topological polar surface area (TPSA) is 73.0 Å². The number of aromatic amines is 1. The van der Waals surface area contributed by atoms with Gasteiger partial charge in [-0.25, -0.2) is 15.0 Å². The molecule has 5 rings (SSSR count). The van der Waals surface area contributed by atoms with Gasteiger partial charge in [0.1, 0.15) is 5.69 Å². The third kappa shape index (κ3) is 6.28. The molecule has 0 atom stereocenters. The van der Waals surface area contributed by atoms with Crippen LogP contribution in [0.3, 0.4) is 0 Å². The Morgan fingerprint density at radius 2 is 1.87 bits per heavy atom. The number of imidazole rings is 1. The van der Waals surface area contributed by atoms with Gasteiger partial charge in [-0.05, 0) is 54.8 Å². The maximum absolute atomic E-state index is 14.0. The number of alkyl halides is 3. The highest BCUT2D eigenvalue weighted by atomic mass is 19.4. The molecule has 1 aliphatic heterocycles. The van der Waals surface area contributed by atoms with Crippen LogP contribution in [0.5, 0.6) is 0 Å². The van der Waals surface area contributed by atoms with E-state index in [1.807, 2.05) is 32.2 Å². The maximum atomic E-state index is 14.0. The van der Waals surface area contributed by atoms with E-state index in [0.717, 1.165) is 48.9 Å². The number of halogens is 3. The second kappa shape index (κ2) is 10.9. The summed E-state index contributed by atoms with van der Waals surface area (Å²) in [6.07, 6.45) is -1.38. The van der Waals surface area contributed by atoms with Gasteiger partial charge in [-0.3, -0.25) is 4.90 Å². The van der Waals surface area contributed by atoms with Gasteiger partial charge < -0.3 is 15.2 Å². The molecule has 3 heterocycles. The normalized spacial score (nSPS) is 14.7. The third-order valence-electron chi connectivity index (χ3n) is 6.75. The molecular weight excluding hydrogens is 503 g/mol. The lowest BCUT2D eigenvalue weighted by molar-refractivity contribution is -0.138. The number of likely N-dealkylation sites (N-methyl/N-ethyl adjacent to an activating group) is 1. The molecule has 0 aliphatic carbocycles. The Morgan fingerprint density at radius 3 is 2.64 bits per heavy atom. The summed E-state index contributed by atoms with van der Waals surface area (Å²) in [5, 5.41) is 3.05. The molecule has 0 radical (unpaired) electrons. The fourth-order valence-electron chi connectivity index (χ4n) is 4.41. The van der Waals surface area contributed by atoms with Gasteiger partial charge in [0.2, 0.25) is 0 Å². The minimum Gasteiger partial charge on any atom is -0.356 e. The van der Waals surface area contributed by atoms with Crippen LogP contribution in [-0.4, -0.2) is 63.0 Å². The van der Waals surface area contributed by atoms with Gasteiger partial charge in [0.05, 0.1) is 18.1 Å². The second-order valence-electron chi connectivity index (χ2n) is 9.66. The summed E-state index contributed by atoms with van der Waals surface area (Å²) in [5.41, 5.74) is 4.41. The minimum absolute atomic E-state index is 0.265. The summed E-state index contributed by atoms with van der Waals surface area (Å²) in [5.74, 6) is 6.12. The fourth-order valence-corrected chi connectivity index (χ4v) is 4.41. The first kappa shape index (κ1) is 26.4. The molecule has 1 aliphatic rings. The Hall–Kier alpha value is -4.20. The standard InChI is InChI=1S/C29H28F3N7/c1-19-4-5-22(14-21(19)6-9-25-16-33-27-28(37-25)35-18-34-27)20(2)36-24-8-7-23(26(15-24)29(30,31)32)17-39-12-10-38(3)11-13-39/h4-5,7-8,14-16,18,36H,2,10-13,17H2,1,3H3,(H,33,34,35,37). The molecule has 0 unspecified atom stereocenters. The van der Waals surface area contributed by atoms with E-state index in [2.05, 4.69) is 53.5 Å². The van der Waals surface area contributed by atoms with Crippen molar-refractivity contribution in [1.82, 2.24) is 29.7 Å². The van der Waals surface area contributed by atoms with Gasteiger partial charge in [-0.2, -0.15) is 13.2 Å². The van der Waals surface area contributed by atoms with E-state index in [1.54, 1.807) is 18.3 Å². The molecule has 2 aromatic heterocycles. The number of nitrogens with zero attached hydrogens (tertiary/aromatic N) is 5. The highest BCUT2D eigenvalue weighted by molar-refractivity contribution is 5.76. The molecule has 39 heavy (non-hydrogen) atoms. The summed E-state index contributed by atoms with van der Waals surface area (Å²) >= 11 is 0. The number of hydrogen-bond donors (Lipinski definition) is 2. The predicted molar refractivity (Wildman–Crippen MR) is 146 cm³/mol. The van der Waals surface area contributed by atoms with Crippen molar-refractivity contribution in [2.75, 3.05) is 38.5 Å². The number of aryl methyl sites for hydroxylation is 1. The molecule has 7 nitrogen and oxygen atoms in total. The van der Waals surface area contributed by atoms with Gasteiger partial charge >= 0.3 is 6.18 Å². The van der Waals surface area contributed by atoms with Crippen LogP contribution in [0, 0.1) is 18.8 Å². The number of anilines is 1. The van der Waals surface area contributed by atoms with Crippen LogP contribution in [0.2, 0.25) is 0 Å². The summed E-state index contributed by atoms with van der Waals surface area (Å²) in [4.78, 5) is 19.8. The number of fused-ring (bicyclic) bond motifs is 1. The van der Waals surface area contributed by atoms with Crippen LogP contribution in [0.15, 0.2) is 55.5 Å². The summed E-state index contributed by atoms with van der Waals surface area (Å²) in [6, 6.07) is 10.0. The van der Waals surface area contributed by atoms with Gasteiger partial charge in [0.25, 0.3) is 0 Å². The molecule has 0 saturated carbocycles. The quantitative estimate of drug-likeness (QED) is 0.357. The van der Waals surface area contributed by atoms with Gasteiger partial charge in [-0.1, -0.05) is 30.7 Å². The van der Waals surface area contributed by atoms with E-state index >= 15 is 0 Å². The molecule has 1 fully saturated rings. The molecule has 0 amide bonds. The molecule has 10 heteroatoms. The molecule has 0 spiro atoms. The summed E-state index contributed by atoms with van der Waals surface area (Å²) < 4.78 is 42.0. The van der Waals surface area contributed by atoms with Crippen LogP contribution >= 0.6 is 0 Å². The average molecular weight is 532 g/mol. The lowest BCUT2D eigenvalue weighted by Crippen LogP contribution is -2.44. The van der Waals surface area contributed by atoms with Crippen LogP contribution in [0.1, 0.15) is 33.5 Å². The van der Waals surface area contributed by atoms with Crippen LogP contribution in [-0.2, 0) is 12.7 Å². The van der Waals surface area contributed by atoms with E-state index in [0.29, 0.717) is 28.4 Å². The lowest BCUT2D eigenvalue weighted by atomic mass is 10.0. The van der Waals surface area contributed by atoms with Gasteiger partial charge in [-0.15, -0.1) is 0 Å². The zero-order chi connectivity index (χ0) is 27.6. The monoisotopic (exact) mass is 531 g/mol. The van der Waals surface area contributed by atoms with Crippen LogP contribution < -0.4 is 5.32 Å². The van der Waals surface area contributed by atoms with Crippen molar-refractivity contribution in [2.24, 2.45) is 0 Å². The Kier molecular flexibility index (Phi) is 7.37. The van der Waals surface area contributed by atoms with Crippen molar-refractivity contribution in [2.45, 2.75) is 19.6 Å². The number of nitrogens with one attached hydrogen (secondary N) is 2. The molecule has 2 N–H and O–H groups in total. The first-order valence-electron chi connectivity index (χ1n) is 12.5. The number of rotatable bonds is 5. The van der Waals surface area contributed by atoms with E-state index < -0.39 is 11.7 Å². The van der Waals surface area contributed by atoms with Crippen LogP contribution in [0.25, 0.3) is 17.0 Å². The van der Waals surface area contributed by atoms with Gasteiger partial charge in [0, 0.05) is 49.7 Å². The molecule has 0 bridgehead atoms. The Morgan fingerprint density at radius 1 is 1.08 bits per heavy atom. The van der Waals surface area contributed by atoms with Crippen molar-refractivity contribution in [1.29, 1.82) is 0 Å². The number of hydrogen-bond acceptors (Lipinski definition) is 6. The maximum Gasteiger partial charge on any atom is 0.416 e. The minimum atomic E-state index is -4.46. The highest BCUT2D eigenvalue weighted by Crippen LogP contribution is 2.35. The lowest BCUT2D eigenvalue weighted by Gasteiger charge is -2.33. The summed E-state index contributed by atoms with van der Waals surface area (Å²) in [6.45, 7) is 9.44. The zero-order valence-corrected chi connectivity index (χ0v) is 21.7. The molecule has 4 aromatic rings. The largest absolute Gasteiger partial charge is 0.416 e. The Bertz CT molecular complexity index is 1570. The van der Waals surface area contributed by atoms with Crippen molar-refractivity contribution < 1.29 is 13.2 Å². The Balaban J connectivity index is 1.34. The fraction of sp³-hybridized carbons (Fsp3) is 0.276. The average Bonchev–Trinajstić information content (AvgIpc) is 3.38. The third-order valence-corrected chi connectivity index (χ3v) is 6.75. The molecule has 2 aromatic carbocycles. The molecule has 200 valence electrons. The predicted octanol–water partition coefficient (Wildman–Crippen LogP) is 4.91. The number of H-pyrrole nitrogens is 1. The van der Waals surface area contributed by atoms with E-state index in [1.165, 1.54) is 6.33 Å². The van der Waals surface area contributed by atoms with Gasteiger partial charge in [0.15, 0.2) is 11.3 Å². The smallest absolute Gasteiger partial charge is 0.356 e. The Labute approximate surface area is 224 Å². The summed E-state index contributed by atoms with van der Waals surface area (Å²) in [7, 11) is 2.02. The number of piperazine rings is 1. The van der Waals surface area contributed by atoms with Crippen molar-refractivity contribution >= 4 is 22.7 Å². The van der Waals surface area contributed by atoms with Crippen molar-refractivity contribution in [3.63, 3.8) is 0 Å². The molecular formula is C29H28F3N7. The highest BCUT2D eigenvalue weighted by Gasteiger charge is 2.34. The number of aromatic nitrogens is 4. The first-order valence-corrected chi connectivity index (χ1v) is 12.5. The second-order valence-corrected chi connectivity index (χ2v) is 9.66. The zero-order valence-electron chi connectivity index (χ0n) is 21.7. The number of benzene rings is 2. The van der Waals surface area contributed by atoms with E-state index in [-0.39, 0.29) is 12.1 Å². The van der Waals surface area contributed by atoms with E-state index in [9.17, 15) is 13.2 Å². The van der Waals surface area contributed by atoms with E-state index in [4.69, 9.17) is 0 Å². The van der Waals surface area contributed by atoms with Crippen molar-refractivity contribution in [3.8, 4) is 11.8 Å². The van der Waals surface area contributed by atoms with Crippen molar-refractivity contribution in [3.05, 3.63) is 89.0 Å². The first-order chi connectivity index (χ1) is 18.7. The SMILES string of the molecule is C=C(Nc1ccc(CN2CCN(C)CC2)c(C(F)(F)F)c1)c1ccc(C)c(C#Cc2cnc3nc[nH]c3n2)c1. The van der Waals surface area contributed by atoms with Crippen LogP contribution in [0.4, 0.5) is 18.9 Å².